The molecule has 1 atom stereocenters. The van der Waals surface area contributed by atoms with Crippen LogP contribution >= 0.6 is 7.82 Å². The molecule has 0 radical (unpaired) electrons. The van der Waals surface area contributed by atoms with E-state index in [2.05, 4.69) is 13.8 Å². The first-order valence-electron chi connectivity index (χ1n) is 12.8. The van der Waals surface area contributed by atoms with Gasteiger partial charge in [0.2, 0.25) is 0 Å². The Morgan fingerprint density at radius 3 is 1.39 bits per heavy atom. The van der Waals surface area contributed by atoms with Gasteiger partial charge in [-0.25, -0.2) is 4.57 Å². The topological polar surface area (TPSA) is 107 Å². The molecule has 0 aromatic carbocycles. The van der Waals surface area contributed by atoms with Crippen molar-refractivity contribution in [1.82, 2.24) is 0 Å². The highest BCUT2D eigenvalue weighted by Gasteiger charge is 2.43. The summed E-state index contributed by atoms with van der Waals surface area (Å²) in [5, 5.41) is 19.2. The van der Waals surface area contributed by atoms with Crippen molar-refractivity contribution in [3.8, 4) is 0 Å². The number of aliphatic hydroxyl groups is 2. The van der Waals surface area contributed by atoms with Crippen molar-refractivity contribution >= 4 is 7.82 Å². The van der Waals surface area contributed by atoms with Crippen LogP contribution in [0.15, 0.2) is 0 Å². The molecule has 0 aliphatic carbocycles. The number of aliphatic hydroxyl groups excluding tert-OH is 2. The molecule has 31 heavy (non-hydrogen) atoms. The maximum Gasteiger partial charge on any atom is 0.470 e. The zero-order chi connectivity index (χ0) is 23.4. The minimum Gasteiger partial charge on any atom is -0.396 e. The summed E-state index contributed by atoms with van der Waals surface area (Å²) in [6.45, 7) is 3.95. The van der Waals surface area contributed by atoms with Crippen molar-refractivity contribution in [1.29, 1.82) is 0 Å². The Labute approximate surface area is 191 Å². The summed E-state index contributed by atoms with van der Waals surface area (Å²) in [5.74, 6) is -0.0784. The number of rotatable bonds is 23. The first-order valence-corrected chi connectivity index (χ1v) is 14.4. The largest absolute Gasteiger partial charge is 0.470 e. The van der Waals surface area contributed by atoms with E-state index in [-0.39, 0.29) is 32.0 Å². The third-order valence-electron chi connectivity index (χ3n) is 6.43. The molecule has 0 heterocycles. The summed E-state index contributed by atoms with van der Waals surface area (Å²) < 4.78 is 17.0. The Morgan fingerprint density at radius 1 is 0.677 bits per heavy atom. The third kappa shape index (κ3) is 16.3. The molecule has 0 aromatic heterocycles. The van der Waals surface area contributed by atoms with Gasteiger partial charge in [0.05, 0.1) is 5.60 Å². The van der Waals surface area contributed by atoms with E-state index < -0.39 is 13.4 Å². The van der Waals surface area contributed by atoms with Crippen molar-refractivity contribution in [2.24, 2.45) is 5.92 Å². The monoisotopic (exact) mass is 466 g/mol. The quantitative estimate of drug-likeness (QED) is 0.101. The lowest BCUT2D eigenvalue weighted by Gasteiger charge is -2.40. The molecule has 0 spiro atoms. The minimum absolute atomic E-state index is 0.0784. The SMILES string of the molecule is CCCCCCCCCCCCC(CCCCCC)C(CCO)(CCO)OP(=O)(O)O. The van der Waals surface area contributed by atoms with Crippen LogP contribution in [0.2, 0.25) is 0 Å². The number of unbranched alkanes of at least 4 members (excludes halogenated alkanes) is 12. The van der Waals surface area contributed by atoms with E-state index in [0.717, 1.165) is 51.4 Å². The molecule has 188 valence electrons. The smallest absolute Gasteiger partial charge is 0.396 e. The molecule has 0 amide bonds. The average Bonchev–Trinajstić information content (AvgIpc) is 2.70. The van der Waals surface area contributed by atoms with Gasteiger partial charge in [-0.05, 0) is 18.8 Å². The van der Waals surface area contributed by atoms with Gasteiger partial charge in [-0.3, -0.25) is 4.52 Å². The van der Waals surface area contributed by atoms with E-state index in [0.29, 0.717) is 0 Å². The summed E-state index contributed by atoms with van der Waals surface area (Å²) in [6, 6.07) is 0. The molecular formula is C24H51O6P. The van der Waals surface area contributed by atoms with E-state index in [1.54, 1.807) is 0 Å². The standard InChI is InChI=1S/C24H51O6P/c1-3-5-7-9-10-11-12-13-14-16-18-23(17-15-8-6-4-2)24(19-21-25,20-22-26)30-31(27,28)29/h23,25-26H,3-22H2,1-2H3,(H2,27,28,29). The van der Waals surface area contributed by atoms with Crippen molar-refractivity contribution in [3.63, 3.8) is 0 Å². The van der Waals surface area contributed by atoms with E-state index in [4.69, 9.17) is 4.52 Å². The second kappa shape index (κ2) is 19.5. The Morgan fingerprint density at radius 2 is 1.03 bits per heavy atom. The number of hydrogen-bond acceptors (Lipinski definition) is 4. The lowest BCUT2D eigenvalue weighted by atomic mass is 9.76. The van der Waals surface area contributed by atoms with Gasteiger partial charge >= 0.3 is 7.82 Å². The van der Waals surface area contributed by atoms with Crippen molar-refractivity contribution in [2.45, 2.75) is 135 Å². The van der Waals surface area contributed by atoms with Crippen molar-refractivity contribution in [2.75, 3.05) is 13.2 Å². The molecule has 0 aromatic rings. The van der Waals surface area contributed by atoms with Gasteiger partial charge in [-0.2, -0.15) is 0 Å². The van der Waals surface area contributed by atoms with Crippen LogP contribution in [0.4, 0.5) is 0 Å². The molecule has 0 rings (SSSR count). The fourth-order valence-corrected chi connectivity index (χ4v) is 5.49. The summed E-state index contributed by atoms with van der Waals surface area (Å²) in [4.78, 5) is 19.1. The van der Waals surface area contributed by atoms with Crippen LogP contribution < -0.4 is 0 Å². The number of hydrogen-bond donors (Lipinski definition) is 4. The molecule has 0 saturated heterocycles. The molecule has 0 aliphatic rings. The lowest BCUT2D eigenvalue weighted by Crippen LogP contribution is -2.42. The molecule has 0 bridgehead atoms. The Bertz CT molecular complexity index is 434. The highest BCUT2D eigenvalue weighted by molar-refractivity contribution is 7.46. The molecule has 6 nitrogen and oxygen atoms in total. The minimum atomic E-state index is -4.73. The van der Waals surface area contributed by atoms with Crippen molar-refractivity contribution < 1.29 is 29.1 Å². The van der Waals surface area contributed by atoms with E-state index in [1.807, 2.05) is 0 Å². The first-order chi connectivity index (χ1) is 14.8. The molecule has 0 aliphatic heterocycles. The predicted molar refractivity (Wildman–Crippen MR) is 128 cm³/mol. The zero-order valence-corrected chi connectivity index (χ0v) is 21.2. The Balaban J connectivity index is 4.78. The van der Waals surface area contributed by atoms with Crippen LogP contribution in [0.1, 0.15) is 129 Å². The Hall–Kier alpha value is 0.0300. The van der Waals surface area contributed by atoms with Crippen LogP contribution in [-0.2, 0) is 9.09 Å². The maximum atomic E-state index is 11.7. The molecule has 1 unspecified atom stereocenters. The fraction of sp³-hybridized carbons (Fsp3) is 1.00. The maximum absolute atomic E-state index is 11.7. The van der Waals surface area contributed by atoms with Crippen LogP contribution in [-0.4, -0.2) is 38.8 Å². The molecule has 4 N–H and O–H groups in total. The average molecular weight is 467 g/mol. The van der Waals surface area contributed by atoms with Gasteiger partial charge in [0.15, 0.2) is 0 Å². The second-order valence-corrected chi connectivity index (χ2v) is 10.3. The van der Waals surface area contributed by atoms with Gasteiger partial charge in [-0.1, -0.05) is 104 Å². The van der Waals surface area contributed by atoms with Gasteiger partial charge < -0.3 is 20.0 Å². The number of phosphoric ester groups is 1. The molecule has 7 heteroatoms. The fourth-order valence-electron chi connectivity index (χ4n) is 4.68. The Kier molecular flexibility index (Phi) is 19.5. The van der Waals surface area contributed by atoms with Crippen LogP contribution in [0.25, 0.3) is 0 Å². The molecule has 0 fully saturated rings. The van der Waals surface area contributed by atoms with Crippen molar-refractivity contribution in [3.05, 3.63) is 0 Å². The van der Waals surface area contributed by atoms with Gasteiger partial charge in [0.1, 0.15) is 0 Å². The summed E-state index contributed by atoms with van der Waals surface area (Å²) in [6.07, 6.45) is 18.6. The van der Waals surface area contributed by atoms with Gasteiger partial charge in [-0.15, -0.1) is 0 Å². The van der Waals surface area contributed by atoms with Gasteiger partial charge in [0.25, 0.3) is 0 Å². The predicted octanol–water partition coefficient (Wildman–Crippen LogP) is 6.50. The second-order valence-electron chi connectivity index (χ2n) is 9.11. The van der Waals surface area contributed by atoms with E-state index >= 15 is 0 Å². The number of phosphoric acid groups is 1. The molecule has 0 saturated carbocycles. The first kappa shape index (κ1) is 31.0. The lowest BCUT2D eigenvalue weighted by molar-refractivity contribution is -0.0558. The summed E-state index contributed by atoms with van der Waals surface area (Å²) in [5.41, 5.74) is -1.17. The highest BCUT2D eigenvalue weighted by Crippen LogP contribution is 2.49. The van der Waals surface area contributed by atoms with Crippen LogP contribution in [0.3, 0.4) is 0 Å². The third-order valence-corrected chi connectivity index (χ3v) is 7.03. The van der Waals surface area contributed by atoms with E-state index in [1.165, 1.54) is 51.4 Å². The molecular weight excluding hydrogens is 415 g/mol. The normalized spacial score (nSPS) is 13.6. The summed E-state index contributed by atoms with van der Waals surface area (Å²) >= 11 is 0. The van der Waals surface area contributed by atoms with E-state index in [9.17, 15) is 24.6 Å². The van der Waals surface area contributed by atoms with Crippen LogP contribution in [0, 0.1) is 5.92 Å². The van der Waals surface area contributed by atoms with Crippen LogP contribution in [0.5, 0.6) is 0 Å². The summed E-state index contributed by atoms with van der Waals surface area (Å²) in [7, 11) is -4.73. The zero-order valence-electron chi connectivity index (χ0n) is 20.3. The highest BCUT2D eigenvalue weighted by atomic mass is 31.2. The van der Waals surface area contributed by atoms with Gasteiger partial charge in [0, 0.05) is 26.1 Å².